The minimum Gasteiger partial charge on any atom is -0.469 e. The van der Waals surface area contributed by atoms with E-state index in [2.05, 4.69) is 19.1 Å². The molecule has 0 N–H and O–H groups in total. The Balaban J connectivity index is 2.58. The average molecular weight is 182 g/mol. The first-order valence-electron chi connectivity index (χ1n) is 4.98. The van der Waals surface area contributed by atoms with Crippen molar-refractivity contribution in [3.63, 3.8) is 0 Å². The lowest BCUT2D eigenvalue weighted by atomic mass is 9.85. The van der Waals surface area contributed by atoms with Gasteiger partial charge in [-0.1, -0.05) is 19.1 Å². The van der Waals surface area contributed by atoms with Crippen molar-refractivity contribution >= 4 is 5.97 Å². The Morgan fingerprint density at radius 2 is 1.92 bits per heavy atom. The number of carbonyl (C=O) groups excluding carboxylic acids is 1. The smallest absolute Gasteiger partial charge is 0.308 e. The fourth-order valence-electron chi connectivity index (χ4n) is 1.86. The van der Waals surface area contributed by atoms with Crippen molar-refractivity contribution in [1.82, 2.24) is 0 Å². The predicted molar refractivity (Wildman–Crippen MR) is 52.3 cm³/mol. The van der Waals surface area contributed by atoms with Gasteiger partial charge in [-0.25, -0.2) is 0 Å². The maximum atomic E-state index is 11.4. The minimum atomic E-state index is -0.0391. The van der Waals surface area contributed by atoms with Crippen LogP contribution < -0.4 is 0 Å². The zero-order valence-electron chi connectivity index (χ0n) is 8.45. The van der Waals surface area contributed by atoms with Crippen molar-refractivity contribution in [3.05, 3.63) is 12.2 Å². The zero-order valence-corrected chi connectivity index (χ0v) is 8.45. The molecule has 1 aliphatic carbocycles. The third-order valence-electron chi connectivity index (χ3n) is 2.79. The largest absolute Gasteiger partial charge is 0.469 e. The van der Waals surface area contributed by atoms with Crippen molar-refractivity contribution < 1.29 is 9.53 Å². The zero-order chi connectivity index (χ0) is 9.68. The molecular weight excluding hydrogens is 164 g/mol. The van der Waals surface area contributed by atoms with Gasteiger partial charge in [0.2, 0.25) is 0 Å². The topological polar surface area (TPSA) is 26.3 Å². The van der Waals surface area contributed by atoms with Crippen LogP contribution in [0.2, 0.25) is 0 Å². The molecule has 1 rings (SSSR count). The summed E-state index contributed by atoms with van der Waals surface area (Å²) in [7, 11) is 1.48. The van der Waals surface area contributed by atoms with E-state index in [1.807, 2.05) is 0 Å². The highest BCUT2D eigenvalue weighted by Gasteiger charge is 2.25. The maximum absolute atomic E-state index is 11.4. The number of carbonyl (C=O) groups is 1. The van der Waals surface area contributed by atoms with Gasteiger partial charge in [0.25, 0.3) is 0 Å². The maximum Gasteiger partial charge on any atom is 0.308 e. The molecule has 0 spiro atoms. The van der Waals surface area contributed by atoms with E-state index in [1.54, 1.807) is 0 Å². The summed E-state index contributed by atoms with van der Waals surface area (Å²) in [4.78, 5) is 11.4. The Bertz CT molecular complexity index is 196. The van der Waals surface area contributed by atoms with Crippen molar-refractivity contribution in [2.75, 3.05) is 7.11 Å². The van der Waals surface area contributed by atoms with Gasteiger partial charge in [-0.15, -0.1) is 0 Å². The van der Waals surface area contributed by atoms with Crippen LogP contribution >= 0.6 is 0 Å². The van der Waals surface area contributed by atoms with Crippen LogP contribution in [0.15, 0.2) is 12.2 Å². The lowest BCUT2D eigenvalue weighted by molar-refractivity contribution is -0.147. The van der Waals surface area contributed by atoms with Crippen LogP contribution in [-0.4, -0.2) is 13.1 Å². The molecule has 0 aromatic carbocycles. The van der Waals surface area contributed by atoms with E-state index < -0.39 is 0 Å². The second kappa shape index (κ2) is 5.05. The summed E-state index contributed by atoms with van der Waals surface area (Å²) in [5, 5.41) is 0. The molecule has 1 aliphatic rings. The van der Waals surface area contributed by atoms with Gasteiger partial charge >= 0.3 is 5.97 Å². The number of hydrogen-bond acceptors (Lipinski definition) is 2. The molecule has 2 nitrogen and oxygen atoms in total. The highest BCUT2D eigenvalue weighted by Crippen LogP contribution is 2.25. The molecule has 0 aromatic rings. The molecule has 0 saturated carbocycles. The number of allylic oxidation sites excluding steroid dienone is 2. The molecule has 2 heteroatoms. The summed E-state index contributed by atoms with van der Waals surface area (Å²) in [6.45, 7) is 2.14. The number of ether oxygens (including phenoxy) is 1. The van der Waals surface area contributed by atoms with Gasteiger partial charge in [-0.2, -0.15) is 0 Å². The van der Waals surface area contributed by atoms with Crippen molar-refractivity contribution in [2.45, 2.75) is 32.6 Å². The van der Waals surface area contributed by atoms with Crippen LogP contribution in [0.5, 0.6) is 0 Å². The highest BCUT2D eigenvalue weighted by atomic mass is 16.5. The third-order valence-corrected chi connectivity index (χ3v) is 2.79. The van der Waals surface area contributed by atoms with Crippen LogP contribution in [0, 0.1) is 11.8 Å². The van der Waals surface area contributed by atoms with E-state index in [9.17, 15) is 4.79 Å². The number of hydrogen-bond donors (Lipinski definition) is 0. The van der Waals surface area contributed by atoms with Crippen LogP contribution in [0.3, 0.4) is 0 Å². The summed E-state index contributed by atoms with van der Waals surface area (Å²) >= 11 is 0. The SMILES string of the molecule is COC(=O)[C@H]1CC/C=C\CCC1C. The monoisotopic (exact) mass is 182 g/mol. The highest BCUT2D eigenvalue weighted by molar-refractivity contribution is 5.72. The Morgan fingerprint density at radius 3 is 2.54 bits per heavy atom. The first kappa shape index (κ1) is 10.3. The predicted octanol–water partition coefficient (Wildman–Crippen LogP) is 2.54. The van der Waals surface area contributed by atoms with E-state index in [4.69, 9.17) is 4.74 Å². The fraction of sp³-hybridized carbons (Fsp3) is 0.727. The second-order valence-corrected chi connectivity index (χ2v) is 3.73. The van der Waals surface area contributed by atoms with Crippen LogP contribution in [0.4, 0.5) is 0 Å². The van der Waals surface area contributed by atoms with E-state index in [1.165, 1.54) is 7.11 Å². The summed E-state index contributed by atoms with van der Waals surface area (Å²) in [6, 6.07) is 0. The fourth-order valence-corrected chi connectivity index (χ4v) is 1.86. The molecule has 0 amide bonds. The Kier molecular flexibility index (Phi) is 4.00. The van der Waals surface area contributed by atoms with Gasteiger partial charge in [0.1, 0.15) is 0 Å². The molecule has 0 radical (unpaired) electrons. The number of methoxy groups -OCH3 is 1. The first-order valence-corrected chi connectivity index (χ1v) is 4.98. The van der Waals surface area contributed by atoms with Crippen LogP contribution in [0.1, 0.15) is 32.6 Å². The number of esters is 1. The van der Waals surface area contributed by atoms with Gasteiger partial charge in [0.05, 0.1) is 13.0 Å². The van der Waals surface area contributed by atoms with Crippen LogP contribution in [-0.2, 0) is 9.53 Å². The minimum absolute atomic E-state index is 0.0391. The lowest BCUT2D eigenvalue weighted by Gasteiger charge is -2.22. The Morgan fingerprint density at radius 1 is 1.31 bits per heavy atom. The van der Waals surface area contributed by atoms with E-state index in [-0.39, 0.29) is 11.9 Å². The summed E-state index contributed by atoms with van der Waals surface area (Å²) in [5.74, 6) is 0.523. The molecule has 74 valence electrons. The van der Waals surface area contributed by atoms with E-state index >= 15 is 0 Å². The van der Waals surface area contributed by atoms with Crippen LogP contribution in [0.25, 0.3) is 0 Å². The van der Waals surface area contributed by atoms with E-state index in [0.717, 1.165) is 25.7 Å². The lowest BCUT2D eigenvalue weighted by Crippen LogP contribution is -2.23. The third kappa shape index (κ3) is 2.87. The standard InChI is InChI=1S/C11H18O2/c1-9-7-5-3-4-6-8-10(9)11(12)13-2/h3-4,9-10H,5-8H2,1-2H3/b4-3-/t9?,10-/m0/s1. The van der Waals surface area contributed by atoms with Crippen molar-refractivity contribution in [2.24, 2.45) is 11.8 Å². The number of rotatable bonds is 1. The first-order chi connectivity index (χ1) is 6.25. The molecule has 0 saturated heterocycles. The normalized spacial score (nSPS) is 31.5. The molecule has 0 fully saturated rings. The molecular formula is C11H18O2. The molecule has 0 bridgehead atoms. The molecule has 0 aromatic heterocycles. The summed E-state index contributed by atoms with van der Waals surface area (Å²) in [5.41, 5.74) is 0. The average Bonchev–Trinajstić information content (AvgIpc) is 2.11. The van der Waals surface area contributed by atoms with Gasteiger partial charge in [0, 0.05) is 0 Å². The van der Waals surface area contributed by atoms with Gasteiger partial charge < -0.3 is 4.74 Å². The Hall–Kier alpha value is -0.790. The Labute approximate surface area is 80.0 Å². The molecule has 0 heterocycles. The van der Waals surface area contributed by atoms with Crippen molar-refractivity contribution in [3.8, 4) is 0 Å². The van der Waals surface area contributed by atoms with E-state index in [0.29, 0.717) is 5.92 Å². The molecule has 2 atom stereocenters. The van der Waals surface area contributed by atoms with Gasteiger partial charge in [0.15, 0.2) is 0 Å². The second-order valence-electron chi connectivity index (χ2n) is 3.73. The quantitative estimate of drug-likeness (QED) is 0.460. The van der Waals surface area contributed by atoms with Gasteiger partial charge in [-0.3, -0.25) is 4.79 Å². The summed E-state index contributed by atoms with van der Waals surface area (Å²) < 4.78 is 4.79. The summed E-state index contributed by atoms with van der Waals surface area (Å²) in [6.07, 6.45) is 8.51. The van der Waals surface area contributed by atoms with Crippen molar-refractivity contribution in [1.29, 1.82) is 0 Å². The molecule has 1 unspecified atom stereocenters. The molecule has 0 aliphatic heterocycles. The molecule has 13 heavy (non-hydrogen) atoms. The van der Waals surface area contributed by atoms with Gasteiger partial charge in [-0.05, 0) is 31.6 Å².